The SMILES string of the molecule is CC(NC(=O)NC1CC1)c1ncn[nH]1. The summed E-state index contributed by atoms with van der Waals surface area (Å²) in [4.78, 5) is 15.3. The number of nitrogens with zero attached hydrogens (tertiary/aromatic N) is 2. The van der Waals surface area contributed by atoms with E-state index < -0.39 is 0 Å². The number of carbonyl (C=O) groups excluding carboxylic acids is 1. The van der Waals surface area contributed by atoms with Crippen LogP contribution in [0.15, 0.2) is 6.33 Å². The zero-order valence-corrected chi connectivity index (χ0v) is 7.95. The number of aromatic amines is 1. The van der Waals surface area contributed by atoms with Gasteiger partial charge in [0.1, 0.15) is 12.2 Å². The Morgan fingerprint density at radius 3 is 3.07 bits per heavy atom. The largest absolute Gasteiger partial charge is 0.335 e. The summed E-state index contributed by atoms with van der Waals surface area (Å²) < 4.78 is 0. The van der Waals surface area contributed by atoms with Gasteiger partial charge in [0.2, 0.25) is 0 Å². The molecule has 1 heterocycles. The van der Waals surface area contributed by atoms with E-state index in [1.807, 2.05) is 6.92 Å². The van der Waals surface area contributed by atoms with Crippen molar-refractivity contribution in [3.05, 3.63) is 12.2 Å². The second-order valence-corrected chi connectivity index (χ2v) is 3.48. The molecule has 1 fully saturated rings. The van der Waals surface area contributed by atoms with Crippen LogP contribution in [-0.2, 0) is 0 Å². The molecule has 0 aliphatic heterocycles. The summed E-state index contributed by atoms with van der Waals surface area (Å²) in [7, 11) is 0. The summed E-state index contributed by atoms with van der Waals surface area (Å²) in [5, 5.41) is 12.0. The van der Waals surface area contributed by atoms with E-state index in [1.54, 1.807) is 0 Å². The molecule has 1 saturated carbocycles. The van der Waals surface area contributed by atoms with E-state index in [4.69, 9.17) is 0 Å². The maximum absolute atomic E-state index is 11.3. The molecule has 3 N–H and O–H groups in total. The van der Waals surface area contributed by atoms with Gasteiger partial charge in [0.05, 0.1) is 6.04 Å². The van der Waals surface area contributed by atoms with E-state index in [0.717, 1.165) is 12.8 Å². The second-order valence-electron chi connectivity index (χ2n) is 3.48. The van der Waals surface area contributed by atoms with Crippen molar-refractivity contribution < 1.29 is 4.79 Å². The molecule has 6 heteroatoms. The van der Waals surface area contributed by atoms with Gasteiger partial charge in [-0.25, -0.2) is 9.78 Å². The van der Waals surface area contributed by atoms with Gasteiger partial charge in [-0.2, -0.15) is 5.10 Å². The van der Waals surface area contributed by atoms with Crippen molar-refractivity contribution in [2.75, 3.05) is 0 Å². The van der Waals surface area contributed by atoms with Gasteiger partial charge in [-0.3, -0.25) is 5.10 Å². The van der Waals surface area contributed by atoms with Crippen molar-refractivity contribution in [2.45, 2.75) is 31.8 Å². The van der Waals surface area contributed by atoms with Crippen LogP contribution in [0.2, 0.25) is 0 Å². The van der Waals surface area contributed by atoms with Crippen molar-refractivity contribution in [1.29, 1.82) is 0 Å². The van der Waals surface area contributed by atoms with Crippen molar-refractivity contribution in [3.63, 3.8) is 0 Å². The number of urea groups is 1. The van der Waals surface area contributed by atoms with Gasteiger partial charge in [-0.1, -0.05) is 0 Å². The molecule has 0 aromatic carbocycles. The Morgan fingerprint density at radius 2 is 2.50 bits per heavy atom. The Hall–Kier alpha value is -1.59. The van der Waals surface area contributed by atoms with Gasteiger partial charge in [0.25, 0.3) is 0 Å². The van der Waals surface area contributed by atoms with Gasteiger partial charge in [-0.05, 0) is 19.8 Å². The molecule has 1 aromatic rings. The van der Waals surface area contributed by atoms with Crippen LogP contribution in [0.3, 0.4) is 0 Å². The maximum atomic E-state index is 11.3. The van der Waals surface area contributed by atoms with E-state index in [1.165, 1.54) is 6.33 Å². The summed E-state index contributed by atoms with van der Waals surface area (Å²) in [5.74, 6) is 0.663. The summed E-state index contributed by atoms with van der Waals surface area (Å²) in [6, 6.07) is 0.0876. The highest BCUT2D eigenvalue weighted by Crippen LogP contribution is 2.18. The fourth-order valence-corrected chi connectivity index (χ4v) is 1.14. The number of aromatic nitrogens is 3. The first-order valence-corrected chi connectivity index (χ1v) is 4.68. The van der Waals surface area contributed by atoms with E-state index in [9.17, 15) is 4.79 Å². The van der Waals surface area contributed by atoms with Crippen molar-refractivity contribution in [3.8, 4) is 0 Å². The lowest BCUT2D eigenvalue weighted by Crippen LogP contribution is -2.38. The fraction of sp³-hybridized carbons (Fsp3) is 0.625. The number of H-pyrrole nitrogens is 1. The number of amides is 2. The topological polar surface area (TPSA) is 82.7 Å². The zero-order chi connectivity index (χ0) is 9.97. The molecule has 2 amide bonds. The summed E-state index contributed by atoms with van der Waals surface area (Å²) in [5.41, 5.74) is 0. The van der Waals surface area contributed by atoms with E-state index >= 15 is 0 Å². The number of hydrogen-bond acceptors (Lipinski definition) is 3. The first kappa shape index (κ1) is 8.98. The summed E-state index contributed by atoms with van der Waals surface area (Å²) in [6.07, 6.45) is 3.60. The Morgan fingerprint density at radius 1 is 1.71 bits per heavy atom. The van der Waals surface area contributed by atoms with Crippen LogP contribution in [0.1, 0.15) is 31.6 Å². The van der Waals surface area contributed by atoms with Crippen LogP contribution < -0.4 is 10.6 Å². The van der Waals surface area contributed by atoms with Gasteiger partial charge in [-0.15, -0.1) is 0 Å². The molecular weight excluding hydrogens is 182 g/mol. The molecule has 76 valence electrons. The summed E-state index contributed by atoms with van der Waals surface area (Å²) >= 11 is 0. The third-order valence-electron chi connectivity index (χ3n) is 2.10. The predicted molar refractivity (Wildman–Crippen MR) is 49.5 cm³/mol. The van der Waals surface area contributed by atoms with Gasteiger partial charge >= 0.3 is 6.03 Å². The Labute approximate surface area is 81.5 Å². The average Bonchev–Trinajstić information content (AvgIpc) is 2.80. The molecule has 2 rings (SSSR count). The highest BCUT2D eigenvalue weighted by Gasteiger charge is 2.24. The molecule has 0 bridgehead atoms. The number of carbonyl (C=O) groups is 1. The second kappa shape index (κ2) is 3.65. The smallest absolute Gasteiger partial charge is 0.315 e. The van der Waals surface area contributed by atoms with Crippen LogP contribution in [0.4, 0.5) is 4.79 Å². The van der Waals surface area contributed by atoms with Crippen molar-refractivity contribution >= 4 is 6.03 Å². The van der Waals surface area contributed by atoms with Crippen LogP contribution >= 0.6 is 0 Å². The molecule has 1 atom stereocenters. The minimum absolute atomic E-state index is 0.142. The highest BCUT2D eigenvalue weighted by atomic mass is 16.2. The monoisotopic (exact) mass is 195 g/mol. The molecule has 14 heavy (non-hydrogen) atoms. The minimum Gasteiger partial charge on any atom is -0.335 e. The normalized spacial score (nSPS) is 17.5. The number of rotatable bonds is 3. The molecule has 1 aliphatic carbocycles. The molecule has 1 unspecified atom stereocenters. The molecule has 0 saturated heterocycles. The minimum atomic E-state index is -0.142. The molecule has 0 radical (unpaired) electrons. The molecule has 0 spiro atoms. The van der Waals surface area contributed by atoms with E-state index in [2.05, 4.69) is 25.8 Å². The van der Waals surface area contributed by atoms with Gasteiger partial charge < -0.3 is 10.6 Å². The Balaban J connectivity index is 1.81. The lowest BCUT2D eigenvalue weighted by molar-refractivity contribution is 0.237. The molecule has 1 aliphatic rings. The summed E-state index contributed by atoms with van der Waals surface area (Å²) in [6.45, 7) is 1.85. The lowest BCUT2D eigenvalue weighted by atomic mass is 10.3. The predicted octanol–water partition coefficient (Wildman–Crippen LogP) is 0.327. The Kier molecular flexibility index (Phi) is 2.34. The van der Waals surface area contributed by atoms with E-state index in [-0.39, 0.29) is 12.1 Å². The van der Waals surface area contributed by atoms with Crippen molar-refractivity contribution in [1.82, 2.24) is 25.8 Å². The first-order chi connectivity index (χ1) is 6.75. The third kappa shape index (κ3) is 2.21. The number of nitrogens with one attached hydrogen (secondary N) is 3. The molecule has 1 aromatic heterocycles. The van der Waals surface area contributed by atoms with Crippen molar-refractivity contribution in [2.24, 2.45) is 0 Å². The average molecular weight is 195 g/mol. The fourth-order valence-electron chi connectivity index (χ4n) is 1.14. The van der Waals surface area contributed by atoms with Crippen LogP contribution in [0.25, 0.3) is 0 Å². The zero-order valence-electron chi connectivity index (χ0n) is 7.95. The lowest BCUT2D eigenvalue weighted by Gasteiger charge is -2.11. The number of hydrogen-bond donors (Lipinski definition) is 3. The van der Waals surface area contributed by atoms with Gasteiger partial charge in [0, 0.05) is 6.04 Å². The molecule has 6 nitrogen and oxygen atoms in total. The Bertz CT molecular complexity index is 306. The van der Waals surface area contributed by atoms with Crippen LogP contribution in [-0.4, -0.2) is 27.3 Å². The quantitative estimate of drug-likeness (QED) is 0.649. The van der Waals surface area contributed by atoms with Crippen LogP contribution in [0, 0.1) is 0 Å². The van der Waals surface area contributed by atoms with Gasteiger partial charge in [0.15, 0.2) is 0 Å². The molecular formula is C8H13N5O. The highest BCUT2D eigenvalue weighted by molar-refractivity contribution is 5.74. The van der Waals surface area contributed by atoms with Crippen LogP contribution in [0.5, 0.6) is 0 Å². The standard InChI is InChI=1S/C8H13N5O/c1-5(7-9-4-10-13-7)11-8(14)12-6-2-3-6/h4-6H,2-3H2,1H3,(H,9,10,13)(H2,11,12,14). The maximum Gasteiger partial charge on any atom is 0.315 e. The van der Waals surface area contributed by atoms with E-state index in [0.29, 0.717) is 11.9 Å². The first-order valence-electron chi connectivity index (χ1n) is 4.68. The third-order valence-corrected chi connectivity index (χ3v) is 2.10.